The van der Waals surface area contributed by atoms with Crippen molar-refractivity contribution in [3.8, 4) is 0 Å². The van der Waals surface area contributed by atoms with E-state index in [0.717, 1.165) is 0 Å². The van der Waals surface area contributed by atoms with E-state index in [1.165, 1.54) is 35.2 Å². The molecule has 122 valence electrons. The Morgan fingerprint density at radius 2 is 2.29 bits per heavy atom. The van der Waals surface area contributed by atoms with Crippen LogP contribution in [0.4, 0.5) is 10.8 Å². The molecule has 0 radical (unpaired) electrons. The van der Waals surface area contributed by atoms with Gasteiger partial charge in [-0.15, -0.1) is 11.3 Å². The molecule has 1 amide bonds. The topological polar surface area (TPSA) is 88.7 Å². The van der Waals surface area contributed by atoms with Crippen LogP contribution in [0.2, 0.25) is 0 Å². The number of aromatic nitrogens is 1. The summed E-state index contributed by atoms with van der Waals surface area (Å²) in [5, 5.41) is 13.8. The molecule has 1 aliphatic rings. The summed E-state index contributed by atoms with van der Waals surface area (Å²) in [7, 11) is 0. The van der Waals surface area contributed by atoms with Gasteiger partial charge in [0.25, 0.3) is 11.6 Å². The van der Waals surface area contributed by atoms with Gasteiger partial charge in [0.2, 0.25) is 5.13 Å². The standard InChI is InChI=1S/C15H12N4O3S2/c1-2-18-13(20)12(24-15(18)17-14-16-6-7-23-14)9-10-4-3-5-11(8-10)19(21)22/h3-9H,2H2,1H3/b12-9-,17-15+. The number of carbonyl (C=O) groups excluding carboxylic acids is 1. The van der Waals surface area contributed by atoms with E-state index in [4.69, 9.17) is 0 Å². The predicted molar refractivity (Wildman–Crippen MR) is 95.3 cm³/mol. The number of nitrogens with zero attached hydrogens (tertiary/aromatic N) is 4. The van der Waals surface area contributed by atoms with Crippen LogP contribution in [-0.4, -0.2) is 32.4 Å². The third-order valence-electron chi connectivity index (χ3n) is 3.19. The molecule has 0 saturated carbocycles. The normalized spacial score (nSPS) is 17.9. The molecule has 0 spiro atoms. The van der Waals surface area contributed by atoms with E-state index in [2.05, 4.69) is 9.98 Å². The van der Waals surface area contributed by atoms with Crippen LogP contribution >= 0.6 is 23.1 Å². The van der Waals surface area contributed by atoms with Crippen LogP contribution in [-0.2, 0) is 4.79 Å². The number of non-ortho nitro benzene ring substituents is 1. The molecule has 0 atom stereocenters. The first kappa shape index (κ1) is 16.3. The van der Waals surface area contributed by atoms with Gasteiger partial charge in [0.15, 0.2) is 5.17 Å². The second-order valence-corrected chi connectivity index (χ2v) is 6.60. The minimum absolute atomic E-state index is 0.0104. The van der Waals surface area contributed by atoms with Crippen molar-refractivity contribution in [3.05, 3.63) is 56.4 Å². The quantitative estimate of drug-likeness (QED) is 0.471. The zero-order chi connectivity index (χ0) is 17.1. The van der Waals surface area contributed by atoms with Gasteiger partial charge in [-0.25, -0.2) is 4.98 Å². The molecule has 0 bridgehead atoms. The summed E-state index contributed by atoms with van der Waals surface area (Å²) in [6.07, 6.45) is 3.30. The van der Waals surface area contributed by atoms with Gasteiger partial charge in [0.1, 0.15) is 0 Å². The Balaban J connectivity index is 1.93. The molecule has 9 heteroatoms. The Labute approximate surface area is 145 Å². The van der Waals surface area contributed by atoms with E-state index in [9.17, 15) is 14.9 Å². The average Bonchev–Trinajstić information content (AvgIpc) is 3.17. The number of aliphatic imine (C=N–C) groups is 1. The van der Waals surface area contributed by atoms with Gasteiger partial charge in [-0.05, 0) is 30.3 Å². The van der Waals surface area contributed by atoms with Gasteiger partial charge >= 0.3 is 0 Å². The highest BCUT2D eigenvalue weighted by molar-refractivity contribution is 8.18. The van der Waals surface area contributed by atoms with Crippen molar-refractivity contribution in [2.45, 2.75) is 6.92 Å². The Hall–Kier alpha value is -2.52. The van der Waals surface area contributed by atoms with E-state index in [0.29, 0.717) is 27.3 Å². The lowest BCUT2D eigenvalue weighted by molar-refractivity contribution is -0.384. The Bertz CT molecular complexity index is 846. The predicted octanol–water partition coefficient (Wildman–Crippen LogP) is 3.68. The fourth-order valence-electron chi connectivity index (χ4n) is 2.10. The molecule has 7 nitrogen and oxygen atoms in total. The number of hydrogen-bond donors (Lipinski definition) is 0. The van der Waals surface area contributed by atoms with Crippen LogP contribution in [0.5, 0.6) is 0 Å². The molecule has 1 saturated heterocycles. The number of carbonyl (C=O) groups is 1. The van der Waals surface area contributed by atoms with Gasteiger partial charge in [0.05, 0.1) is 9.83 Å². The third kappa shape index (κ3) is 3.36. The Kier molecular flexibility index (Phi) is 4.72. The maximum atomic E-state index is 12.5. The highest BCUT2D eigenvalue weighted by Gasteiger charge is 2.32. The van der Waals surface area contributed by atoms with E-state index in [1.807, 2.05) is 12.3 Å². The van der Waals surface area contributed by atoms with Crippen LogP contribution in [0.25, 0.3) is 6.08 Å². The summed E-state index contributed by atoms with van der Waals surface area (Å²) >= 11 is 2.63. The number of amidine groups is 1. The molecular weight excluding hydrogens is 348 g/mol. The van der Waals surface area contributed by atoms with Crippen LogP contribution in [0.15, 0.2) is 45.7 Å². The van der Waals surface area contributed by atoms with Crippen LogP contribution in [0.1, 0.15) is 12.5 Å². The second-order valence-electron chi connectivity index (χ2n) is 4.72. The van der Waals surface area contributed by atoms with Crippen molar-refractivity contribution in [3.63, 3.8) is 0 Å². The second kappa shape index (κ2) is 6.93. The molecule has 24 heavy (non-hydrogen) atoms. The number of rotatable bonds is 4. The SMILES string of the molecule is CCN1C(=O)/C(=C/c2cccc([N+](=O)[O-])c2)S/C1=N/c1nccs1. The summed E-state index contributed by atoms with van der Waals surface area (Å²) in [4.78, 5) is 33.5. The Morgan fingerprint density at radius 3 is 2.96 bits per heavy atom. The fourth-order valence-corrected chi connectivity index (χ4v) is 3.71. The average molecular weight is 360 g/mol. The first-order valence-corrected chi connectivity index (χ1v) is 8.72. The molecule has 0 N–H and O–H groups in total. The summed E-state index contributed by atoms with van der Waals surface area (Å²) in [5.74, 6) is -0.163. The largest absolute Gasteiger partial charge is 0.287 e. The third-order valence-corrected chi connectivity index (χ3v) is 4.87. The lowest BCUT2D eigenvalue weighted by Gasteiger charge is -2.11. The molecule has 3 rings (SSSR count). The molecule has 0 aliphatic carbocycles. The summed E-state index contributed by atoms with van der Waals surface area (Å²) in [6, 6.07) is 6.17. The smallest absolute Gasteiger partial charge is 0.270 e. The molecule has 1 aromatic heterocycles. The number of thioether (sulfide) groups is 1. The molecule has 0 unspecified atom stereocenters. The lowest BCUT2D eigenvalue weighted by Crippen LogP contribution is -2.28. The minimum Gasteiger partial charge on any atom is -0.287 e. The van der Waals surface area contributed by atoms with Gasteiger partial charge in [-0.3, -0.25) is 19.8 Å². The highest BCUT2D eigenvalue weighted by atomic mass is 32.2. The molecule has 2 aromatic rings. The first-order valence-electron chi connectivity index (χ1n) is 7.02. The summed E-state index contributed by atoms with van der Waals surface area (Å²) in [6.45, 7) is 2.36. The molecule has 1 aromatic carbocycles. The highest BCUT2D eigenvalue weighted by Crippen LogP contribution is 2.34. The molecule has 2 heterocycles. The maximum Gasteiger partial charge on any atom is 0.270 e. The molecule has 1 aliphatic heterocycles. The fraction of sp³-hybridized carbons (Fsp3) is 0.133. The number of nitro benzene ring substituents is 1. The van der Waals surface area contributed by atoms with Gasteiger partial charge in [-0.1, -0.05) is 12.1 Å². The molecule has 1 fully saturated rings. The first-order chi connectivity index (χ1) is 11.6. The number of likely N-dealkylation sites (N-methyl/N-ethyl adjacent to an activating group) is 1. The van der Waals surface area contributed by atoms with Crippen molar-refractivity contribution >= 4 is 51.1 Å². The van der Waals surface area contributed by atoms with Crippen molar-refractivity contribution in [1.82, 2.24) is 9.88 Å². The number of nitro groups is 1. The number of benzene rings is 1. The maximum absolute atomic E-state index is 12.5. The van der Waals surface area contributed by atoms with E-state index < -0.39 is 4.92 Å². The van der Waals surface area contributed by atoms with Gasteiger partial charge < -0.3 is 0 Å². The van der Waals surface area contributed by atoms with Crippen LogP contribution in [0.3, 0.4) is 0 Å². The Morgan fingerprint density at radius 1 is 1.46 bits per heavy atom. The monoisotopic (exact) mass is 360 g/mol. The number of hydrogen-bond acceptors (Lipinski definition) is 7. The zero-order valence-electron chi connectivity index (χ0n) is 12.6. The van der Waals surface area contributed by atoms with Crippen molar-refractivity contribution in [2.75, 3.05) is 6.54 Å². The van der Waals surface area contributed by atoms with E-state index in [-0.39, 0.29) is 11.6 Å². The van der Waals surface area contributed by atoms with E-state index >= 15 is 0 Å². The van der Waals surface area contributed by atoms with Crippen LogP contribution < -0.4 is 0 Å². The summed E-state index contributed by atoms with van der Waals surface area (Å²) < 4.78 is 0. The molecular formula is C15H12N4O3S2. The van der Waals surface area contributed by atoms with Gasteiger partial charge in [0, 0.05) is 30.3 Å². The van der Waals surface area contributed by atoms with Crippen LogP contribution in [0, 0.1) is 10.1 Å². The van der Waals surface area contributed by atoms with Crippen molar-refractivity contribution < 1.29 is 9.72 Å². The number of thiazole rings is 1. The van der Waals surface area contributed by atoms with Crippen molar-refractivity contribution in [1.29, 1.82) is 0 Å². The van der Waals surface area contributed by atoms with E-state index in [1.54, 1.807) is 29.3 Å². The van der Waals surface area contributed by atoms with Gasteiger partial charge in [-0.2, -0.15) is 4.99 Å². The number of amides is 1. The lowest BCUT2D eigenvalue weighted by atomic mass is 10.2. The summed E-state index contributed by atoms with van der Waals surface area (Å²) in [5.41, 5.74) is 0.593. The zero-order valence-corrected chi connectivity index (χ0v) is 14.2. The van der Waals surface area contributed by atoms with Crippen molar-refractivity contribution in [2.24, 2.45) is 4.99 Å². The minimum atomic E-state index is -0.459.